The largest absolute Gasteiger partial charge is 0.303 e. The van der Waals surface area contributed by atoms with Crippen molar-refractivity contribution in [1.82, 2.24) is 4.90 Å². The number of hydrogen-bond acceptors (Lipinski definition) is 1. The van der Waals surface area contributed by atoms with Crippen molar-refractivity contribution in [2.24, 2.45) is 11.3 Å². The van der Waals surface area contributed by atoms with Crippen LogP contribution >= 0.6 is 9.24 Å². The number of rotatable bonds is 2. The molecule has 0 saturated carbocycles. The third-order valence-corrected chi connectivity index (χ3v) is 3.57. The maximum absolute atomic E-state index is 2.90. The van der Waals surface area contributed by atoms with Crippen LogP contribution in [0.2, 0.25) is 0 Å². The smallest absolute Gasteiger partial charge is 0.00417 e. The Balaban J connectivity index is 2.31. The molecule has 1 aliphatic rings. The van der Waals surface area contributed by atoms with Gasteiger partial charge in [0, 0.05) is 6.54 Å². The van der Waals surface area contributed by atoms with Crippen molar-refractivity contribution in [3.63, 3.8) is 0 Å². The van der Waals surface area contributed by atoms with Crippen LogP contribution in [0.25, 0.3) is 0 Å². The highest BCUT2D eigenvalue weighted by molar-refractivity contribution is 7.17. The fourth-order valence-corrected chi connectivity index (χ4v) is 2.69. The molecule has 0 N–H and O–H groups in total. The van der Waals surface area contributed by atoms with Gasteiger partial charge in [-0.2, -0.15) is 0 Å². The van der Waals surface area contributed by atoms with Crippen LogP contribution in [0, 0.1) is 11.3 Å². The number of nitrogens with zero attached hydrogens (tertiary/aromatic N) is 1. The molecule has 0 aromatic rings. The van der Waals surface area contributed by atoms with Gasteiger partial charge in [-0.3, -0.25) is 0 Å². The highest BCUT2D eigenvalue weighted by Gasteiger charge is 2.28. The summed E-state index contributed by atoms with van der Waals surface area (Å²) in [6.07, 6.45) is 2.78. The van der Waals surface area contributed by atoms with Gasteiger partial charge in [0.15, 0.2) is 0 Å². The molecule has 0 bridgehead atoms. The van der Waals surface area contributed by atoms with E-state index in [9.17, 15) is 0 Å². The summed E-state index contributed by atoms with van der Waals surface area (Å²) in [6.45, 7) is 13.3. The van der Waals surface area contributed by atoms with Crippen LogP contribution in [0.4, 0.5) is 0 Å². The summed E-state index contributed by atoms with van der Waals surface area (Å²) in [5.41, 5.74) is 1.25. The van der Waals surface area contributed by atoms with Gasteiger partial charge in [0.2, 0.25) is 0 Å². The van der Waals surface area contributed by atoms with Gasteiger partial charge in [-0.1, -0.05) is 27.7 Å². The van der Waals surface area contributed by atoms with Gasteiger partial charge >= 0.3 is 0 Å². The molecule has 0 aromatic heterocycles. The Morgan fingerprint density at radius 1 is 1.29 bits per heavy atom. The molecule has 1 aliphatic heterocycles. The molecule has 14 heavy (non-hydrogen) atoms. The molecule has 1 fully saturated rings. The maximum atomic E-state index is 2.90. The molecule has 0 spiro atoms. The zero-order valence-electron chi connectivity index (χ0n) is 10.2. The predicted octanol–water partition coefficient (Wildman–Crippen LogP) is 3.01. The molecule has 0 aliphatic carbocycles. The summed E-state index contributed by atoms with van der Waals surface area (Å²) < 4.78 is 0. The summed E-state index contributed by atoms with van der Waals surface area (Å²) in [5.74, 6) is 0.929. The van der Waals surface area contributed by atoms with Gasteiger partial charge in [-0.05, 0) is 42.9 Å². The Hall–Kier alpha value is 0.390. The van der Waals surface area contributed by atoms with E-state index in [1.807, 2.05) is 0 Å². The molecule has 2 atom stereocenters. The van der Waals surface area contributed by atoms with Crippen molar-refractivity contribution in [2.45, 2.75) is 46.2 Å². The van der Waals surface area contributed by atoms with Crippen LogP contribution in [0.15, 0.2) is 0 Å². The Bertz CT molecular complexity index is 164. The third-order valence-electron chi connectivity index (χ3n) is 3.36. The second kappa shape index (κ2) is 4.94. The predicted molar refractivity (Wildman–Crippen MR) is 67.8 cm³/mol. The molecular formula is C12H26NP. The van der Waals surface area contributed by atoms with Crippen LogP contribution < -0.4 is 0 Å². The summed E-state index contributed by atoms with van der Waals surface area (Å²) in [5, 5.41) is 0. The molecule has 1 nitrogen and oxygen atoms in total. The van der Waals surface area contributed by atoms with Crippen LogP contribution in [0.3, 0.4) is 0 Å². The first-order chi connectivity index (χ1) is 6.39. The highest BCUT2D eigenvalue weighted by atomic mass is 31.0. The zero-order chi connectivity index (χ0) is 10.8. The fourth-order valence-electron chi connectivity index (χ4n) is 2.39. The Labute approximate surface area is 91.8 Å². The lowest BCUT2D eigenvalue weighted by Gasteiger charge is -2.39. The van der Waals surface area contributed by atoms with Gasteiger partial charge in [-0.15, -0.1) is 9.24 Å². The Morgan fingerprint density at radius 2 is 1.79 bits per heavy atom. The molecule has 1 rings (SSSR count). The SMILES string of the molecule is CC(P)CN1CCC(C(C)(C)C)CC1. The normalized spacial score (nSPS) is 23.8. The minimum absolute atomic E-state index is 0.513. The fraction of sp³-hybridized carbons (Fsp3) is 1.00. The first-order valence-corrected chi connectivity index (χ1v) is 6.54. The average Bonchev–Trinajstić information content (AvgIpc) is 2.02. The molecule has 0 amide bonds. The lowest BCUT2D eigenvalue weighted by atomic mass is 9.75. The number of piperidine rings is 1. The molecule has 1 heterocycles. The van der Waals surface area contributed by atoms with Crippen LogP contribution in [0.5, 0.6) is 0 Å². The van der Waals surface area contributed by atoms with Crippen molar-refractivity contribution in [2.75, 3.05) is 19.6 Å². The van der Waals surface area contributed by atoms with Gasteiger partial charge in [0.05, 0.1) is 0 Å². The minimum Gasteiger partial charge on any atom is -0.303 e. The molecule has 84 valence electrons. The average molecular weight is 215 g/mol. The maximum Gasteiger partial charge on any atom is 0.00417 e. The van der Waals surface area contributed by atoms with Gasteiger partial charge < -0.3 is 4.90 Å². The molecule has 0 aromatic carbocycles. The molecule has 0 radical (unpaired) electrons. The number of likely N-dealkylation sites (tertiary alicyclic amines) is 1. The van der Waals surface area contributed by atoms with E-state index in [4.69, 9.17) is 0 Å². The quantitative estimate of drug-likeness (QED) is 0.640. The minimum atomic E-state index is 0.513. The van der Waals surface area contributed by atoms with Gasteiger partial charge in [-0.25, -0.2) is 0 Å². The summed E-state index contributed by atoms with van der Waals surface area (Å²) in [6, 6.07) is 0. The lowest BCUT2D eigenvalue weighted by molar-refractivity contribution is 0.113. The van der Waals surface area contributed by atoms with Crippen molar-refractivity contribution >= 4 is 9.24 Å². The second-order valence-corrected chi connectivity index (χ2v) is 7.06. The monoisotopic (exact) mass is 215 g/mol. The van der Waals surface area contributed by atoms with E-state index in [2.05, 4.69) is 41.8 Å². The van der Waals surface area contributed by atoms with Crippen LogP contribution in [-0.2, 0) is 0 Å². The van der Waals surface area contributed by atoms with Crippen LogP contribution in [-0.4, -0.2) is 30.2 Å². The molecule has 2 heteroatoms. The Kier molecular flexibility index (Phi) is 4.40. The third kappa shape index (κ3) is 3.87. The van der Waals surface area contributed by atoms with E-state index in [1.54, 1.807) is 0 Å². The summed E-state index contributed by atoms with van der Waals surface area (Å²) in [4.78, 5) is 2.61. The zero-order valence-corrected chi connectivity index (χ0v) is 11.4. The van der Waals surface area contributed by atoms with Crippen molar-refractivity contribution < 1.29 is 0 Å². The van der Waals surface area contributed by atoms with Crippen molar-refractivity contribution in [3.8, 4) is 0 Å². The Morgan fingerprint density at radius 3 is 2.14 bits per heavy atom. The lowest BCUT2D eigenvalue weighted by Crippen LogP contribution is -2.40. The second-order valence-electron chi connectivity index (χ2n) is 5.92. The van der Waals surface area contributed by atoms with Crippen LogP contribution in [0.1, 0.15) is 40.5 Å². The summed E-state index contributed by atoms with van der Waals surface area (Å²) in [7, 11) is 2.90. The van der Waals surface area contributed by atoms with E-state index >= 15 is 0 Å². The van der Waals surface area contributed by atoms with E-state index in [0.29, 0.717) is 5.41 Å². The standard InChI is InChI=1S/C12H26NP/c1-10(14)9-13-7-5-11(6-8-13)12(2,3)4/h10-11H,5-9,14H2,1-4H3. The van der Waals surface area contributed by atoms with Gasteiger partial charge in [0.1, 0.15) is 0 Å². The van der Waals surface area contributed by atoms with E-state index in [1.165, 1.54) is 32.5 Å². The van der Waals surface area contributed by atoms with Crippen molar-refractivity contribution in [3.05, 3.63) is 0 Å². The number of hydrogen-bond donors (Lipinski definition) is 0. The molecule has 1 saturated heterocycles. The van der Waals surface area contributed by atoms with E-state index in [0.717, 1.165) is 11.6 Å². The molecule has 2 unspecified atom stereocenters. The summed E-state index contributed by atoms with van der Waals surface area (Å²) >= 11 is 0. The topological polar surface area (TPSA) is 3.24 Å². The van der Waals surface area contributed by atoms with Gasteiger partial charge in [0.25, 0.3) is 0 Å². The molecular weight excluding hydrogens is 189 g/mol. The van der Waals surface area contributed by atoms with E-state index < -0.39 is 0 Å². The highest BCUT2D eigenvalue weighted by Crippen LogP contribution is 2.34. The van der Waals surface area contributed by atoms with E-state index in [-0.39, 0.29) is 0 Å². The van der Waals surface area contributed by atoms with Crippen molar-refractivity contribution in [1.29, 1.82) is 0 Å². The first-order valence-electron chi connectivity index (χ1n) is 5.87. The first kappa shape index (κ1) is 12.5.